The van der Waals surface area contributed by atoms with Crippen LogP contribution in [0.2, 0.25) is 0 Å². The molecule has 0 aliphatic rings. The van der Waals surface area contributed by atoms with E-state index >= 15 is 0 Å². The van der Waals surface area contributed by atoms with Gasteiger partial charge < -0.3 is 8.83 Å². The highest BCUT2D eigenvalue weighted by Gasteiger charge is 2.15. The highest BCUT2D eigenvalue weighted by atomic mass is 16.3. The summed E-state index contributed by atoms with van der Waals surface area (Å²) in [5.74, 6) is 0. The number of unbranched alkanes of at least 4 members (excludes halogenated alkanes) is 10. The van der Waals surface area contributed by atoms with Gasteiger partial charge in [0.1, 0.15) is 22.3 Å². The largest absolute Gasteiger partial charge is 0.456 e. The Morgan fingerprint density at radius 1 is 0.333 bits per heavy atom. The molecule has 0 saturated carbocycles. The normalized spacial score (nSPS) is 11.9. The summed E-state index contributed by atoms with van der Waals surface area (Å²) in [4.78, 5) is 0. The molecule has 48 heavy (non-hydrogen) atoms. The van der Waals surface area contributed by atoms with Crippen molar-refractivity contribution in [2.45, 2.75) is 104 Å². The molecule has 0 N–H and O–H groups in total. The summed E-state index contributed by atoms with van der Waals surface area (Å²) in [5.41, 5.74) is 11.3. The lowest BCUT2D eigenvalue weighted by molar-refractivity contribution is 0.607. The average Bonchev–Trinajstić information content (AvgIpc) is 3.67. The van der Waals surface area contributed by atoms with Crippen LogP contribution >= 0.6 is 0 Å². The van der Waals surface area contributed by atoms with E-state index in [1.54, 1.807) is 0 Å². The minimum absolute atomic E-state index is 0.900. The summed E-state index contributed by atoms with van der Waals surface area (Å²) in [7, 11) is 0. The highest BCUT2D eigenvalue weighted by molar-refractivity contribution is 6.15. The van der Waals surface area contributed by atoms with Gasteiger partial charge in [0.2, 0.25) is 0 Å². The molecule has 2 heterocycles. The lowest BCUT2D eigenvalue weighted by Gasteiger charge is -2.05. The Labute approximate surface area is 286 Å². The monoisotopic (exact) mass is 634 g/mol. The van der Waals surface area contributed by atoms with Gasteiger partial charge in [0.25, 0.3) is 0 Å². The van der Waals surface area contributed by atoms with Crippen molar-refractivity contribution >= 4 is 43.9 Å². The summed E-state index contributed by atoms with van der Waals surface area (Å²) in [6, 6.07) is 35.7. The lowest BCUT2D eigenvalue weighted by atomic mass is 9.99. The minimum atomic E-state index is 0.900. The van der Waals surface area contributed by atoms with Crippen LogP contribution in [0, 0.1) is 0 Å². The third kappa shape index (κ3) is 7.24. The third-order valence-corrected chi connectivity index (χ3v) is 10.3. The molecule has 2 heteroatoms. The van der Waals surface area contributed by atoms with E-state index in [0.717, 1.165) is 43.9 Å². The van der Waals surface area contributed by atoms with Crippen molar-refractivity contribution in [1.29, 1.82) is 0 Å². The van der Waals surface area contributed by atoms with E-state index < -0.39 is 0 Å². The second-order valence-electron chi connectivity index (χ2n) is 13.9. The molecule has 0 bridgehead atoms. The molecule has 2 aromatic heterocycles. The summed E-state index contributed by atoms with van der Waals surface area (Å²) in [5, 5.41) is 4.44. The van der Waals surface area contributed by atoms with Crippen molar-refractivity contribution in [3.8, 4) is 22.3 Å². The Hall–Kier alpha value is -4.30. The van der Waals surface area contributed by atoms with Gasteiger partial charge in [-0.15, -0.1) is 0 Å². The van der Waals surface area contributed by atoms with Gasteiger partial charge in [-0.2, -0.15) is 0 Å². The predicted molar refractivity (Wildman–Crippen MR) is 206 cm³/mol. The van der Waals surface area contributed by atoms with Crippen LogP contribution in [0.15, 0.2) is 106 Å². The van der Waals surface area contributed by atoms with Gasteiger partial charge in [-0.05, 0) is 95.5 Å². The van der Waals surface area contributed by atoms with E-state index in [4.69, 9.17) is 8.83 Å². The van der Waals surface area contributed by atoms with Gasteiger partial charge >= 0.3 is 0 Å². The molecule has 0 aliphatic heterocycles. The van der Waals surface area contributed by atoms with Crippen molar-refractivity contribution in [1.82, 2.24) is 0 Å². The first-order valence-corrected chi connectivity index (χ1v) is 18.7. The molecule has 7 rings (SSSR count). The molecule has 0 unspecified atom stereocenters. The van der Waals surface area contributed by atoms with E-state index in [1.807, 2.05) is 0 Å². The number of hydrogen-bond donors (Lipinski definition) is 0. The SMILES string of the molecule is CCCCCCCCc1ccc(-c2ccc3c(c2)oc2cc4c(cc23)oc2cc(-c3ccc(CCCCCCCC)cc3)ccc24)cc1. The fourth-order valence-corrected chi connectivity index (χ4v) is 7.35. The molecule has 0 atom stereocenters. The molecule has 0 spiro atoms. The maximum atomic E-state index is 6.47. The van der Waals surface area contributed by atoms with Crippen LogP contribution in [0.4, 0.5) is 0 Å². The quantitative estimate of drug-likeness (QED) is 0.0989. The first-order chi connectivity index (χ1) is 23.7. The first-order valence-electron chi connectivity index (χ1n) is 18.7. The molecule has 7 aromatic rings. The number of fused-ring (bicyclic) bond motifs is 6. The predicted octanol–water partition coefficient (Wildman–Crippen LogP) is 14.6. The molecule has 0 radical (unpaired) electrons. The van der Waals surface area contributed by atoms with E-state index in [-0.39, 0.29) is 0 Å². The fourth-order valence-electron chi connectivity index (χ4n) is 7.35. The van der Waals surface area contributed by atoms with Crippen LogP contribution < -0.4 is 0 Å². The van der Waals surface area contributed by atoms with E-state index in [9.17, 15) is 0 Å². The summed E-state index contributed by atoms with van der Waals surface area (Å²) in [6.07, 6.45) is 18.4. The number of hydrogen-bond acceptors (Lipinski definition) is 2. The van der Waals surface area contributed by atoms with Crippen molar-refractivity contribution in [2.24, 2.45) is 0 Å². The lowest BCUT2D eigenvalue weighted by Crippen LogP contribution is -1.87. The Morgan fingerprint density at radius 2 is 0.688 bits per heavy atom. The number of aryl methyl sites for hydroxylation is 2. The number of benzene rings is 5. The van der Waals surface area contributed by atoms with Crippen LogP contribution in [0.1, 0.15) is 102 Å². The maximum Gasteiger partial charge on any atom is 0.136 e. The van der Waals surface area contributed by atoms with Gasteiger partial charge in [-0.3, -0.25) is 0 Å². The first kappa shape index (κ1) is 32.3. The zero-order chi connectivity index (χ0) is 32.7. The third-order valence-electron chi connectivity index (χ3n) is 10.3. The Morgan fingerprint density at radius 3 is 1.10 bits per heavy atom. The van der Waals surface area contributed by atoms with Crippen LogP contribution in [0.5, 0.6) is 0 Å². The Balaban J connectivity index is 1.06. The molecule has 5 aromatic carbocycles. The summed E-state index contributed by atoms with van der Waals surface area (Å²) >= 11 is 0. The van der Waals surface area contributed by atoms with Gasteiger partial charge in [-0.25, -0.2) is 0 Å². The molecule has 0 saturated heterocycles. The topological polar surface area (TPSA) is 26.3 Å². The van der Waals surface area contributed by atoms with Crippen LogP contribution in [0.25, 0.3) is 66.1 Å². The van der Waals surface area contributed by atoms with E-state index in [2.05, 4.69) is 111 Å². The average molecular weight is 635 g/mol. The van der Waals surface area contributed by atoms with Gasteiger partial charge in [0.05, 0.1) is 0 Å². The molecular formula is C46H50O2. The Bertz CT molecular complexity index is 1940. The zero-order valence-corrected chi connectivity index (χ0v) is 29.0. The minimum Gasteiger partial charge on any atom is -0.456 e. The molecule has 0 aliphatic carbocycles. The number of rotatable bonds is 16. The van der Waals surface area contributed by atoms with Crippen molar-refractivity contribution < 1.29 is 8.83 Å². The highest BCUT2D eigenvalue weighted by Crippen LogP contribution is 2.39. The van der Waals surface area contributed by atoms with Crippen LogP contribution in [-0.4, -0.2) is 0 Å². The Kier molecular flexibility index (Phi) is 10.3. The van der Waals surface area contributed by atoms with E-state index in [0.29, 0.717) is 0 Å². The zero-order valence-electron chi connectivity index (χ0n) is 29.0. The van der Waals surface area contributed by atoms with Gasteiger partial charge in [-0.1, -0.05) is 139 Å². The van der Waals surface area contributed by atoms with Gasteiger partial charge in [0.15, 0.2) is 0 Å². The summed E-state index contributed by atoms with van der Waals surface area (Å²) < 4.78 is 12.9. The molecular weight excluding hydrogens is 585 g/mol. The van der Waals surface area contributed by atoms with Crippen molar-refractivity contribution in [2.75, 3.05) is 0 Å². The van der Waals surface area contributed by atoms with Crippen LogP contribution in [-0.2, 0) is 12.8 Å². The van der Waals surface area contributed by atoms with Crippen LogP contribution in [0.3, 0.4) is 0 Å². The smallest absolute Gasteiger partial charge is 0.136 e. The summed E-state index contributed by atoms with van der Waals surface area (Å²) in [6.45, 7) is 4.55. The maximum absolute atomic E-state index is 6.47. The molecule has 246 valence electrons. The molecule has 0 amide bonds. The second-order valence-corrected chi connectivity index (χ2v) is 13.9. The van der Waals surface area contributed by atoms with Crippen molar-refractivity contribution in [3.05, 3.63) is 108 Å². The van der Waals surface area contributed by atoms with Gasteiger partial charge in [0, 0.05) is 21.5 Å². The van der Waals surface area contributed by atoms with E-state index in [1.165, 1.54) is 123 Å². The fraction of sp³-hybridized carbons (Fsp3) is 0.348. The van der Waals surface area contributed by atoms with Crippen molar-refractivity contribution in [3.63, 3.8) is 0 Å². The number of furan rings is 2. The molecule has 2 nitrogen and oxygen atoms in total. The standard InChI is InChI=1S/C46H50O2/c1-3-5-7-9-11-13-15-33-17-21-35(22-18-33)37-25-27-39-41-31-46-42(32-45(41)47-43(39)29-37)40-28-26-38(30-44(40)48-46)36-23-19-34(20-24-36)16-14-12-10-8-6-4-2/h17-32H,3-16H2,1-2H3. The molecule has 0 fully saturated rings. The second kappa shape index (κ2) is 15.3.